The zero-order chi connectivity index (χ0) is 23.8. The maximum absolute atomic E-state index is 12.8. The van der Waals surface area contributed by atoms with Gasteiger partial charge in [0.05, 0.1) is 6.61 Å². The second-order valence-corrected chi connectivity index (χ2v) is 7.61. The molecule has 0 radical (unpaired) electrons. The molecule has 174 valence electrons. The van der Waals surface area contributed by atoms with Crippen LogP contribution in [0.4, 0.5) is 10.5 Å². The van der Waals surface area contributed by atoms with Gasteiger partial charge in [0.1, 0.15) is 5.75 Å². The number of likely N-dealkylation sites (tertiary alicyclic amines) is 1. The number of hydrogen-bond acceptors (Lipinski definition) is 6. The Morgan fingerprint density at radius 3 is 2.33 bits per heavy atom. The Balaban J connectivity index is 1.50. The van der Waals surface area contributed by atoms with Crippen molar-refractivity contribution in [3.05, 3.63) is 59.7 Å². The third kappa shape index (κ3) is 6.80. The second kappa shape index (κ2) is 11.1. The number of nitrogens with zero attached hydrogens (tertiary/aromatic N) is 1. The topological polar surface area (TPSA) is 114 Å². The van der Waals surface area contributed by atoms with Crippen LogP contribution < -0.4 is 15.4 Å². The number of carbonyl (C=O) groups excluding carboxylic acids is 4. The van der Waals surface area contributed by atoms with Gasteiger partial charge in [-0.1, -0.05) is 6.07 Å². The van der Waals surface area contributed by atoms with Crippen LogP contribution in [-0.4, -0.2) is 54.5 Å². The van der Waals surface area contributed by atoms with Crippen molar-refractivity contribution in [3.63, 3.8) is 0 Å². The fourth-order valence-corrected chi connectivity index (χ4v) is 3.53. The van der Waals surface area contributed by atoms with E-state index < -0.39 is 6.16 Å². The normalized spacial score (nSPS) is 13.7. The largest absolute Gasteiger partial charge is 0.513 e. The third-order valence-electron chi connectivity index (χ3n) is 5.13. The zero-order valence-corrected chi connectivity index (χ0v) is 18.6. The molecule has 1 aliphatic heterocycles. The predicted molar refractivity (Wildman–Crippen MR) is 121 cm³/mol. The van der Waals surface area contributed by atoms with E-state index in [0.717, 1.165) is 0 Å². The number of rotatable bonds is 6. The van der Waals surface area contributed by atoms with Crippen molar-refractivity contribution in [1.29, 1.82) is 0 Å². The van der Waals surface area contributed by atoms with E-state index >= 15 is 0 Å². The maximum Gasteiger partial charge on any atom is 0.513 e. The quantitative estimate of drug-likeness (QED) is 0.513. The minimum atomic E-state index is -0.789. The van der Waals surface area contributed by atoms with E-state index in [-0.39, 0.29) is 30.4 Å². The fraction of sp³-hybridized carbons (Fsp3) is 0.333. The molecule has 0 aliphatic carbocycles. The molecule has 3 amide bonds. The summed E-state index contributed by atoms with van der Waals surface area (Å²) in [5, 5.41) is 5.66. The molecule has 0 atom stereocenters. The van der Waals surface area contributed by atoms with Gasteiger partial charge in [0.15, 0.2) is 0 Å². The molecule has 1 saturated heterocycles. The molecule has 0 spiro atoms. The molecule has 0 bridgehead atoms. The van der Waals surface area contributed by atoms with Crippen LogP contribution in [0.1, 0.15) is 47.4 Å². The van der Waals surface area contributed by atoms with Gasteiger partial charge < -0.3 is 25.0 Å². The van der Waals surface area contributed by atoms with Gasteiger partial charge in [-0.3, -0.25) is 14.4 Å². The number of nitrogens with one attached hydrogen (secondary N) is 2. The van der Waals surface area contributed by atoms with Crippen molar-refractivity contribution in [1.82, 2.24) is 10.2 Å². The smallest absolute Gasteiger partial charge is 0.434 e. The number of amides is 3. The van der Waals surface area contributed by atoms with E-state index in [1.54, 1.807) is 60.4 Å². The first-order chi connectivity index (χ1) is 15.9. The SMILES string of the molecule is CCOC(=O)Oc1ccc(C(=O)N2CCC(NC(=O)c3cccc(NC(C)=O)c3)CC2)cc1. The van der Waals surface area contributed by atoms with Crippen LogP contribution in [-0.2, 0) is 9.53 Å². The molecule has 1 fully saturated rings. The molecule has 1 heterocycles. The standard InChI is InChI=1S/C24H27N3O6/c1-3-32-24(31)33-21-9-7-17(8-10-21)23(30)27-13-11-19(12-14-27)26-22(29)18-5-4-6-20(15-18)25-16(2)28/h4-10,15,19H,3,11-14H2,1-2H3,(H,25,28)(H,26,29). The van der Waals surface area contributed by atoms with Gasteiger partial charge in [0.25, 0.3) is 11.8 Å². The number of benzene rings is 2. The summed E-state index contributed by atoms with van der Waals surface area (Å²) >= 11 is 0. The summed E-state index contributed by atoms with van der Waals surface area (Å²) in [6.45, 7) is 4.33. The molecule has 0 unspecified atom stereocenters. The van der Waals surface area contributed by atoms with Gasteiger partial charge in [-0.15, -0.1) is 0 Å². The monoisotopic (exact) mass is 453 g/mol. The molecule has 33 heavy (non-hydrogen) atoms. The van der Waals surface area contributed by atoms with Crippen molar-refractivity contribution in [2.75, 3.05) is 25.0 Å². The lowest BCUT2D eigenvalue weighted by atomic mass is 10.0. The van der Waals surface area contributed by atoms with Gasteiger partial charge in [-0.25, -0.2) is 4.79 Å². The van der Waals surface area contributed by atoms with Crippen molar-refractivity contribution in [3.8, 4) is 5.75 Å². The number of ether oxygens (including phenoxy) is 2. The van der Waals surface area contributed by atoms with E-state index in [9.17, 15) is 19.2 Å². The first-order valence-corrected chi connectivity index (χ1v) is 10.8. The van der Waals surface area contributed by atoms with Crippen LogP contribution in [0.3, 0.4) is 0 Å². The minimum Gasteiger partial charge on any atom is -0.434 e. The lowest BCUT2D eigenvalue weighted by molar-refractivity contribution is -0.114. The second-order valence-electron chi connectivity index (χ2n) is 7.61. The molecule has 2 N–H and O–H groups in total. The van der Waals surface area contributed by atoms with Crippen LogP contribution in [0.5, 0.6) is 5.75 Å². The third-order valence-corrected chi connectivity index (χ3v) is 5.13. The molecule has 2 aromatic carbocycles. The molecule has 9 heteroatoms. The Hall–Kier alpha value is -3.88. The maximum atomic E-state index is 12.8. The van der Waals surface area contributed by atoms with Crippen LogP contribution in [0.15, 0.2) is 48.5 Å². The van der Waals surface area contributed by atoms with Crippen LogP contribution in [0.2, 0.25) is 0 Å². The number of piperidine rings is 1. The molecule has 0 saturated carbocycles. The highest BCUT2D eigenvalue weighted by Gasteiger charge is 2.25. The molecule has 2 aromatic rings. The van der Waals surface area contributed by atoms with Gasteiger partial charge >= 0.3 is 6.16 Å². The number of anilines is 1. The van der Waals surface area contributed by atoms with E-state index in [4.69, 9.17) is 9.47 Å². The summed E-state index contributed by atoms with van der Waals surface area (Å²) in [6, 6.07) is 13.0. The minimum absolute atomic E-state index is 0.0497. The molecule has 9 nitrogen and oxygen atoms in total. The lowest BCUT2D eigenvalue weighted by Gasteiger charge is -2.32. The summed E-state index contributed by atoms with van der Waals surface area (Å²) in [5.41, 5.74) is 1.52. The molecule has 3 rings (SSSR count). The van der Waals surface area contributed by atoms with E-state index in [2.05, 4.69) is 10.6 Å². The highest BCUT2D eigenvalue weighted by Crippen LogP contribution is 2.18. The Labute approximate surface area is 192 Å². The van der Waals surface area contributed by atoms with E-state index in [1.165, 1.54) is 6.92 Å². The van der Waals surface area contributed by atoms with Crippen molar-refractivity contribution >= 4 is 29.6 Å². The molecule has 1 aliphatic rings. The van der Waals surface area contributed by atoms with Gasteiger partial charge in [0.2, 0.25) is 5.91 Å². The Bertz CT molecular complexity index is 1010. The molecular weight excluding hydrogens is 426 g/mol. The Morgan fingerprint density at radius 2 is 1.70 bits per heavy atom. The highest BCUT2D eigenvalue weighted by atomic mass is 16.7. The van der Waals surface area contributed by atoms with Crippen molar-refractivity contribution in [2.24, 2.45) is 0 Å². The van der Waals surface area contributed by atoms with Crippen LogP contribution >= 0.6 is 0 Å². The van der Waals surface area contributed by atoms with Crippen LogP contribution in [0, 0.1) is 0 Å². The average molecular weight is 453 g/mol. The van der Waals surface area contributed by atoms with Gasteiger partial charge in [-0.2, -0.15) is 0 Å². The van der Waals surface area contributed by atoms with Gasteiger partial charge in [-0.05, 0) is 62.2 Å². The summed E-state index contributed by atoms with van der Waals surface area (Å²) in [7, 11) is 0. The van der Waals surface area contributed by atoms with E-state index in [1.807, 2.05) is 0 Å². The fourth-order valence-electron chi connectivity index (χ4n) is 3.53. The summed E-state index contributed by atoms with van der Waals surface area (Å²) < 4.78 is 9.72. The predicted octanol–water partition coefficient (Wildman–Crippen LogP) is 3.21. The number of hydrogen-bond donors (Lipinski definition) is 2. The number of carbonyl (C=O) groups is 4. The molecular formula is C24H27N3O6. The summed E-state index contributed by atoms with van der Waals surface area (Å²) in [4.78, 5) is 49.7. The Kier molecular flexibility index (Phi) is 8.01. The van der Waals surface area contributed by atoms with Crippen molar-refractivity contribution < 1.29 is 28.7 Å². The highest BCUT2D eigenvalue weighted by molar-refractivity contribution is 5.97. The first-order valence-electron chi connectivity index (χ1n) is 10.8. The Morgan fingerprint density at radius 1 is 1.00 bits per heavy atom. The molecule has 0 aromatic heterocycles. The lowest BCUT2D eigenvalue weighted by Crippen LogP contribution is -2.46. The zero-order valence-electron chi connectivity index (χ0n) is 18.6. The van der Waals surface area contributed by atoms with E-state index in [0.29, 0.717) is 48.5 Å². The van der Waals surface area contributed by atoms with Crippen molar-refractivity contribution in [2.45, 2.75) is 32.7 Å². The summed E-state index contributed by atoms with van der Waals surface area (Å²) in [6.07, 6.45) is 0.474. The van der Waals surface area contributed by atoms with Gasteiger partial charge in [0, 0.05) is 42.9 Å². The first kappa shape index (κ1) is 23.8. The summed E-state index contributed by atoms with van der Waals surface area (Å²) in [5.74, 6) is -0.241. The average Bonchev–Trinajstić information content (AvgIpc) is 2.79. The van der Waals surface area contributed by atoms with Crippen LogP contribution in [0.25, 0.3) is 0 Å².